The SMILES string of the molecule is CC(C)(C)OCC(=O)CCCC1CCCO1. The van der Waals surface area contributed by atoms with Crippen LogP contribution < -0.4 is 0 Å². The Bertz CT molecular complexity index is 212. The average Bonchev–Trinajstić information content (AvgIpc) is 2.66. The highest BCUT2D eigenvalue weighted by atomic mass is 16.5. The first-order valence-corrected chi connectivity index (χ1v) is 6.24. The van der Waals surface area contributed by atoms with E-state index in [1.165, 1.54) is 6.42 Å². The van der Waals surface area contributed by atoms with Gasteiger partial charge < -0.3 is 9.47 Å². The molecule has 0 aliphatic carbocycles. The lowest BCUT2D eigenvalue weighted by atomic mass is 10.1. The maximum absolute atomic E-state index is 11.5. The summed E-state index contributed by atoms with van der Waals surface area (Å²) in [6, 6.07) is 0. The van der Waals surface area contributed by atoms with Gasteiger partial charge in [-0.2, -0.15) is 0 Å². The van der Waals surface area contributed by atoms with Crippen molar-refractivity contribution in [1.29, 1.82) is 0 Å². The molecule has 94 valence electrons. The predicted octanol–water partition coefficient (Wildman–Crippen LogP) is 2.72. The minimum atomic E-state index is -0.218. The van der Waals surface area contributed by atoms with Crippen LogP contribution in [-0.2, 0) is 14.3 Å². The smallest absolute Gasteiger partial charge is 0.158 e. The number of ketones is 1. The number of Topliss-reactive ketones (excluding diaryl/α,β-unsaturated/α-hetero) is 1. The van der Waals surface area contributed by atoms with Crippen molar-refractivity contribution < 1.29 is 14.3 Å². The molecule has 0 spiro atoms. The first kappa shape index (κ1) is 13.7. The van der Waals surface area contributed by atoms with Crippen molar-refractivity contribution in [3.63, 3.8) is 0 Å². The van der Waals surface area contributed by atoms with Crippen LogP contribution in [0.2, 0.25) is 0 Å². The maximum Gasteiger partial charge on any atom is 0.158 e. The molecule has 0 aromatic heterocycles. The Morgan fingerprint density at radius 1 is 1.44 bits per heavy atom. The molecular formula is C13H24O3. The van der Waals surface area contributed by atoms with Gasteiger partial charge in [-0.1, -0.05) is 0 Å². The van der Waals surface area contributed by atoms with E-state index in [2.05, 4.69) is 0 Å². The van der Waals surface area contributed by atoms with E-state index in [4.69, 9.17) is 9.47 Å². The van der Waals surface area contributed by atoms with E-state index in [-0.39, 0.29) is 18.0 Å². The number of hydrogen-bond acceptors (Lipinski definition) is 3. The summed E-state index contributed by atoms with van der Waals surface area (Å²) in [4.78, 5) is 11.5. The third-order valence-corrected chi connectivity index (χ3v) is 2.67. The van der Waals surface area contributed by atoms with Crippen LogP contribution in [0.4, 0.5) is 0 Å². The first-order chi connectivity index (χ1) is 7.47. The minimum Gasteiger partial charge on any atom is -0.378 e. The zero-order chi connectivity index (χ0) is 12.0. The van der Waals surface area contributed by atoms with Gasteiger partial charge in [0.1, 0.15) is 6.61 Å². The Kier molecular flexibility index (Phi) is 5.42. The highest BCUT2D eigenvalue weighted by Gasteiger charge is 2.16. The number of hydrogen-bond donors (Lipinski definition) is 0. The highest BCUT2D eigenvalue weighted by molar-refractivity contribution is 5.79. The molecule has 0 radical (unpaired) electrons. The Labute approximate surface area is 98.5 Å². The fraction of sp³-hybridized carbons (Fsp3) is 0.923. The van der Waals surface area contributed by atoms with E-state index in [0.29, 0.717) is 12.5 Å². The molecule has 3 nitrogen and oxygen atoms in total. The van der Waals surface area contributed by atoms with Gasteiger partial charge in [0, 0.05) is 13.0 Å². The quantitative estimate of drug-likeness (QED) is 0.701. The van der Waals surface area contributed by atoms with Gasteiger partial charge in [0.25, 0.3) is 0 Å². The fourth-order valence-electron chi connectivity index (χ4n) is 1.77. The van der Waals surface area contributed by atoms with Crippen LogP contribution in [0.5, 0.6) is 0 Å². The van der Waals surface area contributed by atoms with Crippen LogP contribution in [0.1, 0.15) is 52.9 Å². The number of rotatable bonds is 6. The van der Waals surface area contributed by atoms with Crippen LogP contribution in [-0.4, -0.2) is 30.7 Å². The van der Waals surface area contributed by atoms with E-state index < -0.39 is 0 Å². The Hall–Kier alpha value is -0.410. The van der Waals surface area contributed by atoms with Crippen molar-refractivity contribution >= 4 is 5.78 Å². The molecule has 1 rings (SSSR count). The molecule has 16 heavy (non-hydrogen) atoms. The summed E-state index contributed by atoms with van der Waals surface area (Å²) in [5, 5.41) is 0. The maximum atomic E-state index is 11.5. The van der Waals surface area contributed by atoms with E-state index in [1.54, 1.807) is 0 Å². The lowest BCUT2D eigenvalue weighted by Crippen LogP contribution is -2.23. The zero-order valence-electron chi connectivity index (χ0n) is 10.8. The van der Waals surface area contributed by atoms with Crippen molar-refractivity contribution in [3.05, 3.63) is 0 Å². The van der Waals surface area contributed by atoms with Crippen LogP contribution >= 0.6 is 0 Å². The summed E-state index contributed by atoms with van der Waals surface area (Å²) in [6.07, 6.45) is 5.29. The second-order valence-corrected chi connectivity index (χ2v) is 5.47. The Morgan fingerprint density at radius 3 is 2.75 bits per heavy atom. The molecule has 0 aromatic rings. The summed E-state index contributed by atoms with van der Waals surface area (Å²) in [6.45, 7) is 7.03. The predicted molar refractivity (Wildman–Crippen MR) is 63.5 cm³/mol. The number of carbonyl (C=O) groups excluding carboxylic acids is 1. The second kappa shape index (κ2) is 6.36. The van der Waals surface area contributed by atoms with Crippen LogP contribution in [0, 0.1) is 0 Å². The second-order valence-electron chi connectivity index (χ2n) is 5.47. The molecule has 0 saturated carbocycles. The molecule has 1 unspecified atom stereocenters. The molecule has 0 bridgehead atoms. The first-order valence-electron chi connectivity index (χ1n) is 6.24. The molecule has 1 heterocycles. The molecule has 0 aromatic carbocycles. The van der Waals surface area contributed by atoms with Crippen molar-refractivity contribution in [2.75, 3.05) is 13.2 Å². The standard InChI is InChI=1S/C13H24O3/c1-13(2,3)16-10-11(14)6-4-7-12-8-5-9-15-12/h12H,4-10H2,1-3H3. The summed E-state index contributed by atoms with van der Waals surface area (Å²) < 4.78 is 10.9. The Balaban J connectivity index is 2.01. The molecule has 0 amide bonds. The van der Waals surface area contributed by atoms with Gasteiger partial charge in [0.05, 0.1) is 11.7 Å². The van der Waals surface area contributed by atoms with Gasteiger partial charge in [0.2, 0.25) is 0 Å². The molecule has 3 heteroatoms. The van der Waals surface area contributed by atoms with E-state index in [0.717, 1.165) is 25.9 Å². The highest BCUT2D eigenvalue weighted by Crippen LogP contribution is 2.17. The monoisotopic (exact) mass is 228 g/mol. The largest absolute Gasteiger partial charge is 0.378 e. The molecule has 1 aliphatic rings. The van der Waals surface area contributed by atoms with Gasteiger partial charge in [-0.25, -0.2) is 0 Å². The molecule has 1 saturated heterocycles. The van der Waals surface area contributed by atoms with Crippen molar-refractivity contribution in [2.24, 2.45) is 0 Å². The van der Waals surface area contributed by atoms with Gasteiger partial charge >= 0.3 is 0 Å². The average molecular weight is 228 g/mol. The van der Waals surface area contributed by atoms with Gasteiger partial charge in [-0.05, 0) is 46.5 Å². The van der Waals surface area contributed by atoms with E-state index >= 15 is 0 Å². The lowest BCUT2D eigenvalue weighted by molar-refractivity contribution is -0.128. The number of ether oxygens (including phenoxy) is 2. The van der Waals surface area contributed by atoms with Crippen LogP contribution in [0.3, 0.4) is 0 Å². The molecule has 1 aliphatic heterocycles. The van der Waals surface area contributed by atoms with E-state index in [9.17, 15) is 4.79 Å². The summed E-state index contributed by atoms with van der Waals surface area (Å²) in [7, 11) is 0. The van der Waals surface area contributed by atoms with Crippen molar-refractivity contribution in [1.82, 2.24) is 0 Å². The zero-order valence-corrected chi connectivity index (χ0v) is 10.8. The van der Waals surface area contributed by atoms with E-state index in [1.807, 2.05) is 20.8 Å². The normalized spacial score (nSPS) is 21.3. The Morgan fingerprint density at radius 2 is 2.19 bits per heavy atom. The third kappa shape index (κ3) is 6.23. The summed E-state index contributed by atoms with van der Waals surface area (Å²) in [5.74, 6) is 0.202. The minimum absolute atomic E-state index is 0.202. The molecule has 0 N–H and O–H groups in total. The topological polar surface area (TPSA) is 35.5 Å². The van der Waals surface area contributed by atoms with Crippen LogP contribution in [0.25, 0.3) is 0 Å². The van der Waals surface area contributed by atoms with Crippen molar-refractivity contribution in [3.8, 4) is 0 Å². The van der Waals surface area contributed by atoms with Crippen LogP contribution in [0.15, 0.2) is 0 Å². The molecule has 1 atom stereocenters. The third-order valence-electron chi connectivity index (χ3n) is 2.67. The fourth-order valence-corrected chi connectivity index (χ4v) is 1.77. The summed E-state index contributed by atoms with van der Waals surface area (Å²) >= 11 is 0. The van der Waals surface area contributed by atoms with Gasteiger partial charge in [-0.3, -0.25) is 4.79 Å². The lowest BCUT2D eigenvalue weighted by Gasteiger charge is -2.18. The molecule has 1 fully saturated rings. The van der Waals surface area contributed by atoms with Gasteiger partial charge in [0.15, 0.2) is 5.78 Å². The van der Waals surface area contributed by atoms with Crippen molar-refractivity contribution in [2.45, 2.75) is 64.6 Å². The summed E-state index contributed by atoms with van der Waals surface area (Å²) in [5.41, 5.74) is -0.218. The number of carbonyl (C=O) groups is 1. The van der Waals surface area contributed by atoms with Gasteiger partial charge in [-0.15, -0.1) is 0 Å². The molecular weight excluding hydrogens is 204 g/mol.